The molecule has 1 aromatic rings. The molecule has 19 heavy (non-hydrogen) atoms. The van der Waals surface area contributed by atoms with Crippen LogP contribution in [-0.4, -0.2) is 57.4 Å². The number of hydrogen-bond donors (Lipinski definition) is 1. The highest BCUT2D eigenvalue weighted by molar-refractivity contribution is 5.97. The van der Waals surface area contributed by atoms with E-state index >= 15 is 0 Å². The van der Waals surface area contributed by atoms with E-state index in [1.54, 1.807) is 19.2 Å². The predicted octanol–water partition coefficient (Wildman–Crippen LogP) is 0.777. The van der Waals surface area contributed by atoms with E-state index in [0.717, 1.165) is 0 Å². The van der Waals surface area contributed by atoms with Crippen LogP contribution in [0.5, 0.6) is 17.2 Å². The Morgan fingerprint density at radius 3 is 2.11 bits per heavy atom. The summed E-state index contributed by atoms with van der Waals surface area (Å²) in [6.07, 6.45) is 0. The average molecular weight is 269 g/mol. The molecule has 0 spiro atoms. The number of carbonyl (C=O) groups excluding carboxylic acids is 1. The van der Waals surface area contributed by atoms with Gasteiger partial charge in [-0.25, -0.2) is 0 Å². The van der Waals surface area contributed by atoms with Crippen molar-refractivity contribution in [3.05, 3.63) is 17.7 Å². The van der Waals surface area contributed by atoms with Crippen molar-refractivity contribution in [1.82, 2.24) is 4.90 Å². The van der Waals surface area contributed by atoms with Crippen LogP contribution in [0, 0.1) is 0 Å². The number of hydrogen-bond acceptors (Lipinski definition) is 5. The lowest BCUT2D eigenvalue weighted by Gasteiger charge is -2.19. The van der Waals surface area contributed by atoms with Crippen molar-refractivity contribution >= 4 is 5.91 Å². The Morgan fingerprint density at radius 2 is 1.63 bits per heavy atom. The van der Waals surface area contributed by atoms with Crippen LogP contribution in [-0.2, 0) is 0 Å². The van der Waals surface area contributed by atoms with E-state index in [9.17, 15) is 4.79 Å². The van der Waals surface area contributed by atoms with Gasteiger partial charge in [-0.3, -0.25) is 4.79 Å². The van der Waals surface area contributed by atoms with E-state index in [1.807, 2.05) is 0 Å². The average Bonchev–Trinajstić information content (AvgIpc) is 2.45. The third-order valence-electron chi connectivity index (χ3n) is 2.72. The van der Waals surface area contributed by atoms with Crippen LogP contribution in [0.25, 0.3) is 0 Å². The van der Waals surface area contributed by atoms with Crippen molar-refractivity contribution in [3.8, 4) is 17.2 Å². The maximum atomic E-state index is 12.2. The number of benzene rings is 1. The molecule has 0 aliphatic carbocycles. The fraction of sp³-hybridized carbons (Fsp3) is 0.462. The molecule has 106 valence electrons. The fourth-order valence-electron chi connectivity index (χ4n) is 1.65. The Bertz CT molecular complexity index is 447. The molecular formula is C13H19NO5. The van der Waals surface area contributed by atoms with Crippen LogP contribution in [0.4, 0.5) is 0 Å². The summed E-state index contributed by atoms with van der Waals surface area (Å²) in [5.74, 6) is 1.07. The number of ether oxygens (including phenoxy) is 3. The van der Waals surface area contributed by atoms with Crippen molar-refractivity contribution in [3.63, 3.8) is 0 Å². The smallest absolute Gasteiger partial charge is 0.257 e. The van der Waals surface area contributed by atoms with E-state index in [0.29, 0.717) is 22.8 Å². The first kappa shape index (κ1) is 15.1. The van der Waals surface area contributed by atoms with E-state index in [4.69, 9.17) is 19.3 Å². The monoisotopic (exact) mass is 269 g/mol. The third-order valence-corrected chi connectivity index (χ3v) is 2.72. The van der Waals surface area contributed by atoms with Crippen molar-refractivity contribution < 1.29 is 24.1 Å². The summed E-state index contributed by atoms with van der Waals surface area (Å²) in [4.78, 5) is 13.6. The first-order chi connectivity index (χ1) is 9.08. The minimum absolute atomic E-state index is 0.0994. The number of amides is 1. The SMILES string of the molecule is COc1cc(OC)c(C(=O)N(C)CCO)cc1OC. The van der Waals surface area contributed by atoms with Gasteiger partial charge in [0.2, 0.25) is 0 Å². The molecule has 6 heteroatoms. The fourth-order valence-corrected chi connectivity index (χ4v) is 1.65. The molecule has 6 nitrogen and oxygen atoms in total. The normalized spacial score (nSPS) is 9.95. The Balaban J connectivity index is 3.21. The molecule has 0 heterocycles. The summed E-state index contributed by atoms with van der Waals surface area (Å²) in [5, 5.41) is 8.87. The van der Waals surface area contributed by atoms with Gasteiger partial charge in [-0.1, -0.05) is 0 Å². The number of aliphatic hydroxyl groups is 1. The number of likely N-dealkylation sites (N-methyl/N-ethyl adjacent to an activating group) is 1. The van der Waals surface area contributed by atoms with Crippen LogP contribution in [0.1, 0.15) is 10.4 Å². The van der Waals surface area contributed by atoms with Crippen LogP contribution >= 0.6 is 0 Å². The van der Waals surface area contributed by atoms with E-state index < -0.39 is 0 Å². The molecule has 0 saturated carbocycles. The van der Waals surface area contributed by atoms with E-state index in [-0.39, 0.29) is 19.1 Å². The Morgan fingerprint density at radius 1 is 1.11 bits per heavy atom. The molecular weight excluding hydrogens is 250 g/mol. The van der Waals surface area contributed by atoms with Crippen LogP contribution < -0.4 is 14.2 Å². The van der Waals surface area contributed by atoms with Gasteiger partial charge in [0.05, 0.1) is 33.5 Å². The largest absolute Gasteiger partial charge is 0.496 e. The summed E-state index contributed by atoms with van der Waals surface area (Å²) in [6.45, 7) is 0.147. The highest BCUT2D eigenvalue weighted by Gasteiger charge is 2.20. The minimum Gasteiger partial charge on any atom is -0.496 e. The molecule has 0 bridgehead atoms. The maximum absolute atomic E-state index is 12.2. The zero-order valence-electron chi connectivity index (χ0n) is 11.6. The van der Waals surface area contributed by atoms with Crippen LogP contribution in [0.2, 0.25) is 0 Å². The predicted molar refractivity (Wildman–Crippen MR) is 70.1 cm³/mol. The van der Waals surface area contributed by atoms with Crippen molar-refractivity contribution in [2.45, 2.75) is 0 Å². The van der Waals surface area contributed by atoms with Gasteiger partial charge in [0, 0.05) is 25.7 Å². The molecule has 0 saturated heterocycles. The van der Waals surface area contributed by atoms with Crippen molar-refractivity contribution in [2.24, 2.45) is 0 Å². The maximum Gasteiger partial charge on any atom is 0.257 e. The summed E-state index contributed by atoms with van der Waals surface area (Å²) >= 11 is 0. The number of nitrogens with zero attached hydrogens (tertiary/aromatic N) is 1. The molecule has 1 rings (SSSR count). The zero-order valence-corrected chi connectivity index (χ0v) is 11.6. The summed E-state index contributed by atoms with van der Waals surface area (Å²) in [5.41, 5.74) is 0.358. The standard InChI is InChI=1S/C13H19NO5/c1-14(5-6-15)13(16)9-7-11(18-3)12(19-4)8-10(9)17-2/h7-8,15H,5-6H2,1-4H3. The highest BCUT2D eigenvalue weighted by atomic mass is 16.5. The molecule has 0 unspecified atom stereocenters. The zero-order chi connectivity index (χ0) is 14.4. The third kappa shape index (κ3) is 3.29. The number of rotatable bonds is 6. The first-order valence-corrected chi connectivity index (χ1v) is 5.75. The number of carbonyl (C=O) groups is 1. The molecule has 0 fully saturated rings. The summed E-state index contributed by atoms with van der Waals surface area (Å²) in [7, 11) is 6.09. The highest BCUT2D eigenvalue weighted by Crippen LogP contribution is 2.35. The van der Waals surface area contributed by atoms with Gasteiger partial charge in [-0.15, -0.1) is 0 Å². The Kier molecular flexibility index (Phi) is 5.44. The molecule has 1 aromatic carbocycles. The topological polar surface area (TPSA) is 68.2 Å². The minimum atomic E-state index is -0.258. The Labute approximate surface area is 112 Å². The van der Waals surface area contributed by atoms with E-state index in [1.165, 1.54) is 26.2 Å². The molecule has 0 aromatic heterocycles. The quantitative estimate of drug-likeness (QED) is 0.826. The van der Waals surface area contributed by atoms with Crippen LogP contribution in [0.15, 0.2) is 12.1 Å². The van der Waals surface area contributed by atoms with Gasteiger partial charge in [-0.2, -0.15) is 0 Å². The lowest BCUT2D eigenvalue weighted by Crippen LogP contribution is -2.29. The molecule has 0 aliphatic heterocycles. The Hall–Kier alpha value is -1.95. The summed E-state index contributed by atoms with van der Waals surface area (Å²) in [6, 6.07) is 3.16. The van der Waals surface area contributed by atoms with Gasteiger partial charge < -0.3 is 24.2 Å². The van der Waals surface area contributed by atoms with Gasteiger partial charge in [0.15, 0.2) is 11.5 Å². The van der Waals surface area contributed by atoms with Gasteiger partial charge in [0.1, 0.15) is 5.75 Å². The van der Waals surface area contributed by atoms with Gasteiger partial charge in [-0.05, 0) is 0 Å². The van der Waals surface area contributed by atoms with Gasteiger partial charge >= 0.3 is 0 Å². The van der Waals surface area contributed by atoms with E-state index in [2.05, 4.69) is 0 Å². The molecule has 1 amide bonds. The lowest BCUT2D eigenvalue weighted by atomic mass is 10.1. The second kappa shape index (κ2) is 6.84. The molecule has 1 N–H and O–H groups in total. The lowest BCUT2D eigenvalue weighted by molar-refractivity contribution is 0.0763. The number of methoxy groups -OCH3 is 3. The second-order valence-corrected chi connectivity index (χ2v) is 3.86. The molecule has 0 radical (unpaired) electrons. The van der Waals surface area contributed by atoms with Crippen LogP contribution in [0.3, 0.4) is 0 Å². The molecule has 0 aliphatic rings. The second-order valence-electron chi connectivity index (χ2n) is 3.86. The molecule has 0 atom stereocenters. The number of aliphatic hydroxyl groups excluding tert-OH is 1. The first-order valence-electron chi connectivity index (χ1n) is 5.75. The summed E-state index contributed by atoms with van der Waals surface area (Å²) < 4.78 is 15.5. The van der Waals surface area contributed by atoms with Crippen molar-refractivity contribution in [1.29, 1.82) is 0 Å². The van der Waals surface area contributed by atoms with Gasteiger partial charge in [0.25, 0.3) is 5.91 Å². The van der Waals surface area contributed by atoms with Crippen molar-refractivity contribution in [2.75, 3.05) is 41.5 Å².